The largest absolute Gasteiger partial charge is 0.378 e. The quantitative estimate of drug-likeness (QED) is 0.389. The molecule has 0 spiro atoms. The van der Waals surface area contributed by atoms with E-state index in [2.05, 4.69) is 27.1 Å². The Morgan fingerprint density at radius 3 is 2.59 bits per heavy atom. The third-order valence-corrected chi connectivity index (χ3v) is 7.75. The van der Waals surface area contributed by atoms with E-state index in [9.17, 15) is 9.18 Å². The molecule has 7 nitrogen and oxygen atoms in total. The molecule has 0 bridgehead atoms. The Bertz CT molecular complexity index is 1520. The van der Waals surface area contributed by atoms with Crippen LogP contribution in [0.4, 0.5) is 20.2 Å². The first-order valence-corrected chi connectivity index (χ1v) is 14.1. The standard InChI is InChI=1S/C32H37F2N5O2/c1-20-6-5-13-35-31(37-23-8-10-24(11-9-23)39-14-16-41-17-15-39)28(32(40)38(3)4)25(20)12-7-22-19-27(33)30-26(29(22)34)18-21(2)36-30/h5,8-11,13,18-20,36H,6-7,12,14-17H2,1-4H3,(H,35,37)/b13-5+,28-25+. The van der Waals surface area contributed by atoms with Gasteiger partial charge in [0.25, 0.3) is 5.91 Å². The molecule has 3 heterocycles. The number of ether oxygens (including phenoxy) is 1. The lowest BCUT2D eigenvalue weighted by atomic mass is 9.86. The lowest BCUT2D eigenvalue weighted by Crippen LogP contribution is -2.36. The first kappa shape index (κ1) is 28.5. The lowest BCUT2D eigenvalue weighted by molar-refractivity contribution is -0.124. The van der Waals surface area contributed by atoms with Crippen molar-refractivity contribution in [2.24, 2.45) is 10.9 Å². The molecular formula is C32H37F2N5O2. The van der Waals surface area contributed by atoms with Crippen molar-refractivity contribution in [2.45, 2.75) is 33.1 Å². The number of rotatable bonds is 6. The number of hydrogen-bond donors (Lipinski definition) is 2. The average Bonchev–Trinajstić information content (AvgIpc) is 3.37. The smallest absolute Gasteiger partial charge is 0.257 e. The Morgan fingerprint density at radius 2 is 1.88 bits per heavy atom. The van der Waals surface area contributed by atoms with Crippen molar-refractivity contribution in [3.05, 3.63) is 82.7 Å². The number of carbonyl (C=O) groups excluding carboxylic acids is 1. The van der Waals surface area contributed by atoms with Crippen LogP contribution in [0.3, 0.4) is 0 Å². The van der Waals surface area contributed by atoms with Crippen LogP contribution in [0.25, 0.3) is 10.9 Å². The van der Waals surface area contributed by atoms with E-state index >= 15 is 4.39 Å². The SMILES string of the molecule is Cc1cc2c(F)c(CC/C3=C(C(=O)N(C)C)/C(Nc4ccc(N5CCOCC5)cc4)=N\C=C\CC3C)cc(F)c2[nH]1. The highest BCUT2D eigenvalue weighted by molar-refractivity contribution is 6.25. The van der Waals surface area contributed by atoms with Crippen molar-refractivity contribution in [1.82, 2.24) is 9.88 Å². The van der Waals surface area contributed by atoms with Crippen LogP contribution in [0.1, 0.15) is 31.0 Å². The van der Waals surface area contributed by atoms with Gasteiger partial charge in [0, 0.05) is 55.8 Å². The molecule has 2 aliphatic rings. The van der Waals surface area contributed by atoms with Gasteiger partial charge in [-0.1, -0.05) is 18.6 Å². The fraction of sp³-hybridized carbons (Fsp3) is 0.375. The molecule has 1 fully saturated rings. The molecule has 0 saturated carbocycles. The minimum absolute atomic E-state index is 0.00714. The number of amides is 1. The van der Waals surface area contributed by atoms with E-state index in [1.807, 2.05) is 30.3 Å². The maximum atomic E-state index is 15.4. The summed E-state index contributed by atoms with van der Waals surface area (Å²) in [6, 6.07) is 10.9. The predicted molar refractivity (Wildman–Crippen MR) is 160 cm³/mol. The first-order valence-electron chi connectivity index (χ1n) is 14.1. The molecule has 1 atom stereocenters. The number of aromatic nitrogens is 1. The lowest BCUT2D eigenvalue weighted by Gasteiger charge is -2.29. The number of aromatic amines is 1. The highest BCUT2D eigenvalue weighted by atomic mass is 19.1. The van der Waals surface area contributed by atoms with Crippen molar-refractivity contribution in [3.63, 3.8) is 0 Å². The number of likely N-dealkylation sites (N-methyl/N-ethyl adjacent to an activating group) is 1. The van der Waals surface area contributed by atoms with Crippen molar-refractivity contribution < 1.29 is 18.3 Å². The van der Waals surface area contributed by atoms with E-state index in [1.54, 1.807) is 33.3 Å². The minimum Gasteiger partial charge on any atom is -0.378 e. The van der Waals surface area contributed by atoms with Crippen LogP contribution >= 0.6 is 0 Å². The Hall–Kier alpha value is -3.98. The van der Waals surface area contributed by atoms with Gasteiger partial charge in [-0.05, 0) is 74.1 Å². The van der Waals surface area contributed by atoms with Gasteiger partial charge in [-0.2, -0.15) is 0 Å². The summed E-state index contributed by atoms with van der Waals surface area (Å²) in [6.45, 7) is 6.93. The molecule has 2 N–H and O–H groups in total. The van der Waals surface area contributed by atoms with Crippen molar-refractivity contribution in [3.8, 4) is 0 Å². The average molecular weight is 562 g/mol. The maximum Gasteiger partial charge on any atom is 0.257 e. The number of benzene rings is 2. The van der Waals surface area contributed by atoms with Crippen molar-refractivity contribution in [1.29, 1.82) is 0 Å². The minimum atomic E-state index is -0.485. The van der Waals surface area contributed by atoms with Crippen LogP contribution in [0.15, 0.2) is 64.8 Å². The summed E-state index contributed by atoms with van der Waals surface area (Å²) < 4.78 is 35.7. The van der Waals surface area contributed by atoms with Gasteiger partial charge < -0.3 is 24.8 Å². The number of nitrogens with one attached hydrogen (secondary N) is 2. The van der Waals surface area contributed by atoms with Gasteiger partial charge in [0.15, 0.2) is 0 Å². The van der Waals surface area contributed by atoms with Crippen LogP contribution in [-0.4, -0.2) is 62.0 Å². The van der Waals surface area contributed by atoms with Crippen LogP contribution in [0.2, 0.25) is 0 Å². The van der Waals surface area contributed by atoms with Gasteiger partial charge in [-0.15, -0.1) is 0 Å². The Labute approximate surface area is 239 Å². The fourth-order valence-electron chi connectivity index (χ4n) is 5.50. The molecule has 2 aromatic carbocycles. The van der Waals surface area contributed by atoms with E-state index in [-0.39, 0.29) is 34.7 Å². The molecule has 1 unspecified atom stereocenters. The number of fused-ring (bicyclic) bond motifs is 1. The zero-order valence-electron chi connectivity index (χ0n) is 24.1. The van der Waals surface area contributed by atoms with Gasteiger partial charge in [0.05, 0.1) is 24.3 Å². The van der Waals surface area contributed by atoms with Gasteiger partial charge in [-0.25, -0.2) is 13.8 Å². The van der Waals surface area contributed by atoms with E-state index < -0.39 is 11.6 Å². The summed E-state index contributed by atoms with van der Waals surface area (Å²) in [6.07, 6.45) is 5.00. The van der Waals surface area contributed by atoms with Crippen molar-refractivity contribution in [2.75, 3.05) is 50.6 Å². The van der Waals surface area contributed by atoms with Crippen molar-refractivity contribution >= 4 is 34.0 Å². The van der Waals surface area contributed by atoms with Crippen LogP contribution < -0.4 is 10.2 Å². The number of allylic oxidation sites excluding steroid dienone is 2. The number of morpholine rings is 1. The molecule has 3 aromatic rings. The molecule has 0 aliphatic carbocycles. The summed E-state index contributed by atoms with van der Waals surface area (Å²) in [7, 11) is 3.41. The first-order chi connectivity index (χ1) is 19.7. The van der Waals surface area contributed by atoms with Crippen LogP contribution in [0, 0.1) is 24.5 Å². The zero-order valence-corrected chi connectivity index (χ0v) is 24.1. The fourth-order valence-corrected chi connectivity index (χ4v) is 5.50. The number of aliphatic imine (C=N–C) groups is 1. The van der Waals surface area contributed by atoms with E-state index in [0.717, 1.165) is 30.0 Å². The third kappa shape index (κ3) is 6.20. The molecular weight excluding hydrogens is 524 g/mol. The van der Waals surface area contributed by atoms with Gasteiger partial charge in [0.2, 0.25) is 0 Å². The summed E-state index contributed by atoms with van der Waals surface area (Å²) in [5.41, 5.74) is 4.38. The monoisotopic (exact) mass is 561 g/mol. The van der Waals surface area contributed by atoms with Crippen LogP contribution in [0.5, 0.6) is 0 Å². The molecule has 0 radical (unpaired) electrons. The zero-order chi connectivity index (χ0) is 29.1. The number of H-pyrrole nitrogens is 1. The third-order valence-electron chi connectivity index (χ3n) is 7.75. The van der Waals surface area contributed by atoms with Gasteiger partial charge in [-0.3, -0.25) is 4.79 Å². The van der Waals surface area contributed by atoms with Crippen LogP contribution in [-0.2, 0) is 16.0 Å². The second kappa shape index (κ2) is 12.3. The second-order valence-corrected chi connectivity index (χ2v) is 10.9. The Kier molecular flexibility index (Phi) is 8.54. The molecule has 41 heavy (non-hydrogen) atoms. The molecule has 5 rings (SSSR count). The summed E-state index contributed by atoms with van der Waals surface area (Å²) in [5.74, 6) is -0.684. The number of aryl methyl sites for hydroxylation is 2. The normalized spacial score (nSPS) is 21.7. The van der Waals surface area contributed by atoms with E-state index in [4.69, 9.17) is 4.74 Å². The van der Waals surface area contributed by atoms with Gasteiger partial charge in [0.1, 0.15) is 17.5 Å². The number of hydrogen-bond acceptors (Lipinski definition) is 5. The predicted octanol–water partition coefficient (Wildman–Crippen LogP) is 5.97. The maximum absolute atomic E-state index is 15.4. The highest BCUT2D eigenvalue weighted by Crippen LogP contribution is 2.31. The van der Waals surface area contributed by atoms with Gasteiger partial charge >= 0.3 is 0 Å². The number of halogens is 2. The molecule has 1 saturated heterocycles. The summed E-state index contributed by atoms with van der Waals surface area (Å²) in [5, 5.41) is 3.62. The summed E-state index contributed by atoms with van der Waals surface area (Å²) in [4.78, 5) is 25.0. The molecule has 9 heteroatoms. The second-order valence-electron chi connectivity index (χ2n) is 10.9. The Balaban J connectivity index is 1.48. The number of nitrogens with zero attached hydrogens (tertiary/aromatic N) is 3. The number of amidine groups is 1. The molecule has 216 valence electrons. The van der Waals surface area contributed by atoms with E-state index in [1.165, 1.54) is 11.0 Å². The number of anilines is 2. The molecule has 1 aromatic heterocycles. The highest BCUT2D eigenvalue weighted by Gasteiger charge is 2.27. The molecule has 1 amide bonds. The topological polar surface area (TPSA) is 73.0 Å². The van der Waals surface area contributed by atoms with E-state index in [0.29, 0.717) is 43.2 Å². The Morgan fingerprint density at radius 1 is 1.15 bits per heavy atom. The number of carbonyl (C=O) groups is 1. The molecule has 2 aliphatic heterocycles. The summed E-state index contributed by atoms with van der Waals surface area (Å²) >= 11 is 0.